The summed E-state index contributed by atoms with van der Waals surface area (Å²) in [7, 11) is 0. The van der Waals surface area contributed by atoms with Crippen molar-refractivity contribution < 1.29 is 15.0 Å². The molecule has 82 valence electrons. The highest BCUT2D eigenvalue weighted by molar-refractivity contribution is 5.69. The summed E-state index contributed by atoms with van der Waals surface area (Å²) < 4.78 is 0. The van der Waals surface area contributed by atoms with Gasteiger partial charge in [-0.1, -0.05) is 30.3 Å². The number of aliphatic hydroxyl groups is 1. The van der Waals surface area contributed by atoms with Crippen LogP contribution in [0.25, 0.3) is 0 Å². The first-order valence-corrected chi connectivity index (χ1v) is 4.81. The van der Waals surface area contributed by atoms with E-state index in [2.05, 4.69) is 0 Å². The quantitative estimate of drug-likeness (QED) is 0.719. The lowest BCUT2D eigenvalue weighted by Gasteiger charge is -2.18. The third kappa shape index (κ3) is 4.58. The second-order valence-corrected chi connectivity index (χ2v) is 3.31. The van der Waals surface area contributed by atoms with Crippen molar-refractivity contribution in [2.75, 3.05) is 19.7 Å². The van der Waals surface area contributed by atoms with Crippen LogP contribution >= 0.6 is 0 Å². The summed E-state index contributed by atoms with van der Waals surface area (Å²) in [4.78, 5) is 12.2. The molecule has 1 aromatic rings. The first-order valence-electron chi connectivity index (χ1n) is 4.81. The standard InChI is InChI=1S/C11H15NO3/c13-7-6-12(9-11(14)15)8-10-4-2-1-3-5-10/h1-5,13H,6-9H2,(H,14,15). The topological polar surface area (TPSA) is 60.8 Å². The fraction of sp³-hybridized carbons (Fsp3) is 0.364. The van der Waals surface area contributed by atoms with E-state index in [1.807, 2.05) is 30.3 Å². The molecule has 0 unspecified atom stereocenters. The highest BCUT2D eigenvalue weighted by Crippen LogP contribution is 2.03. The van der Waals surface area contributed by atoms with Crippen molar-refractivity contribution in [3.8, 4) is 0 Å². The zero-order chi connectivity index (χ0) is 11.1. The molecule has 0 fully saturated rings. The van der Waals surface area contributed by atoms with E-state index >= 15 is 0 Å². The molecular formula is C11H15NO3. The number of carbonyl (C=O) groups is 1. The van der Waals surface area contributed by atoms with Crippen LogP contribution in [0, 0.1) is 0 Å². The average molecular weight is 209 g/mol. The summed E-state index contributed by atoms with van der Waals surface area (Å²) in [6.07, 6.45) is 0. The molecule has 4 nitrogen and oxygen atoms in total. The predicted molar refractivity (Wildman–Crippen MR) is 56.4 cm³/mol. The molecule has 0 radical (unpaired) electrons. The monoisotopic (exact) mass is 209 g/mol. The Hall–Kier alpha value is -1.39. The minimum atomic E-state index is -0.876. The van der Waals surface area contributed by atoms with E-state index in [-0.39, 0.29) is 13.2 Å². The fourth-order valence-corrected chi connectivity index (χ4v) is 1.39. The summed E-state index contributed by atoms with van der Waals surface area (Å²) in [6, 6.07) is 9.61. The number of rotatable bonds is 6. The van der Waals surface area contributed by atoms with Crippen molar-refractivity contribution in [1.82, 2.24) is 4.90 Å². The molecule has 0 aliphatic rings. The molecule has 0 aliphatic heterocycles. The first kappa shape index (κ1) is 11.7. The van der Waals surface area contributed by atoms with E-state index in [4.69, 9.17) is 10.2 Å². The van der Waals surface area contributed by atoms with Gasteiger partial charge in [-0.3, -0.25) is 9.69 Å². The number of benzene rings is 1. The van der Waals surface area contributed by atoms with E-state index in [1.165, 1.54) is 0 Å². The molecule has 0 atom stereocenters. The Morgan fingerprint density at radius 1 is 1.27 bits per heavy atom. The normalized spacial score (nSPS) is 10.5. The highest BCUT2D eigenvalue weighted by Gasteiger charge is 2.08. The van der Waals surface area contributed by atoms with E-state index in [0.29, 0.717) is 13.1 Å². The summed E-state index contributed by atoms with van der Waals surface area (Å²) in [5.74, 6) is -0.876. The van der Waals surface area contributed by atoms with E-state index < -0.39 is 5.97 Å². The zero-order valence-corrected chi connectivity index (χ0v) is 8.47. The van der Waals surface area contributed by atoms with Gasteiger partial charge in [0.05, 0.1) is 13.2 Å². The van der Waals surface area contributed by atoms with Gasteiger partial charge >= 0.3 is 5.97 Å². The maximum atomic E-state index is 10.6. The lowest BCUT2D eigenvalue weighted by Crippen LogP contribution is -2.31. The summed E-state index contributed by atoms with van der Waals surface area (Å²) in [6.45, 7) is 0.852. The molecule has 0 aromatic heterocycles. The van der Waals surface area contributed by atoms with Crippen molar-refractivity contribution in [3.63, 3.8) is 0 Å². The van der Waals surface area contributed by atoms with Crippen molar-refractivity contribution in [2.45, 2.75) is 6.54 Å². The van der Waals surface area contributed by atoms with Crippen LogP contribution < -0.4 is 0 Å². The van der Waals surface area contributed by atoms with Gasteiger partial charge < -0.3 is 10.2 Å². The van der Waals surface area contributed by atoms with Gasteiger partial charge in [-0.25, -0.2) is 0 Å². The van der Waals surface area contributed by atoms with Gasteiger partial charge in [0.1, 0.15) is 0 Å². The second kappa shape index (κ2) is 6.16. The lowest BCUT2D eigenvalue weighted by atomic mass is 10.2. The Bertz CT molecular complexity index is 300. The number of aliphatic hydroxyl groups excluding tert-OH is 1. The fourth-order valence-electron chi connectivity index (χ4n) is 1.39. The Morgan fingerprint density at radius 3 is 2.47 bits per heavy atom. The zero-order valence-electron chi connectivity index (χ0n) is 8.47. The van der Waals surface area contributed by atoms with Crippen molar-refractivity contribution in [2.24, 2.45) is 0 Å². The number of hydrogen-bond acceptors (Lipinski definition) is 3. The van der Waals surface area contributed by atoms with E-state index in [0.717, 1.165) is 5.56 Å². The molecule has 2 N–H and O–H groups in total. The van der Waals surface area contributed by atoms with Crippen LogP contribution in [0.4, 0.5) is 0 Å². The van der Waals surface area contributed by atoms with Crippen LogP contribution in [0.2, 0.25) is 0 Å². The summed E-state index contributed by atoms with van der Waals surface area (Å²) in [5, 5.41) is 17.5. The van der Waals surface area contributed by atoms with E-state index in [1.54, 1.807) is 4.90 Å². The molecule has 15 heavy (non-hydrogen) atoms. The SMILES string of the molecule is O=C(O)CN(CCO)Cc1ccccc1. The first-order chi connectivity index (χ1) is 7.22. The summed E-state index contributed by atoms with van der Waals surface area (Å²) in [5.41, 5.74) is 1.05. The summed E-state index contributed by atoms with van der Waals surface area (Å²) >= 11 is 0. The Labute approximate surface area is 88.8 Å². The van der Waals surface area contributed by atoms with Crippen LogP contribution in [0.5, 0.6) is 0 Å². The number of hydrogen-bond donors (Lipinski definition) is 2. The largest absolute Gasteiger partial charge is 0.480 e. The third-order valence-corrected chi connectivity index (χ3v) is 2.02. The number of nitrogens with zero attached hydrogens (tertiary/aromatic N) is 1. The molecule has 0 aliphatic carbocycles. The van der Waals surface area contributed by atoms with Gasteiger partial charge in [0.25, 0.3) is 0 Å². The molecule has 0 saturated heterocycles. The predicted octanol–water partition coefficient (Wildman–Crippen LogP) is 0.565. The van der Waals surface area contributed by atoms with Crippen molar-refractivity contribution in [3.05, 3.63) is 35.9 Å². The van der Waals surface area contributed by atoms with Crippen LogP contribution in [-0.4, -0.2) is 40.8 Å². The molecular weight excluding hydrogens is 194 g/mol. The maximum absolute atomic E-state index is 10.6. The number of carboxylic acid groups (broad SMARTS) is 1. The van der Waals surface area contributed by atoms with Crippen LogP contribution in [0.1, 0.15) is 5.56 Å². The van der Waals surface area contributed by atoms with Gasteiger partial charge in [0.2, 0.25) is 0 Å². The molecule has 1 aromatic carbocycles. The van der Waals surface area contributed by atoms with Crippen molar-refractivity contribution in [1.29, 1.82) is 0 Å². The Balaban J connectivity index is 2.54. The molecule has 0 amide bonds. The minimum absolute atomic E-state index is 0.0277. The number of aliphatic carboxylic acids is 1. The molecule has 1 rings (SSSR count). The molecule has 0 saturated carbocycles. The van der Waals surface area contributed by atoms with Gasteiger partial charge in [0.15, 0.2) is 0 Å². The van der Waals surface area contributed by atoms with Crippen LogP contribution in [0.3, 0.4) is 0 Å². The van der Waals surface area contributed by atoms with Gasteiger partial charge in [-0.15, -0.1) is 0 Å². The van der Waals surface area contributed by atoms with Gasteiger partial charge in [0, 0.05) is 13.1 Å². The van der Waals surface area contributed by atoms with Crippen LogP contribution in [0.15, 0.2) is 30.3 Å². The maximum Gasteiger partial charge on any atom is 0.317 e. The Morgan fingerprint density at radius 2 is 1.93 bits per heavy atom. The number of carboxylic acids is 1. The third-order valence-electron chi connectivity index (χ3n) is 2.02. The molecule has 0 bridgehead atoms. The molecule has 0 heterocycles. The van der Waals surface area contributed by atoms with E-state index in [9.17, 15) is 4.79 Å². The molecule has 4 heteroatoms. The van der Waals surface area contributed by atoms with Crippen molar-refractivity contribution >= 4 is 5.97 Å². The second-order valence-electron chi connectivity index (χ2n) is 3.31. The minimum Gasteiger partial charge on any atom is -0.480 e. The Kier molecular flexibility index (Phi) is 4.80. The van der Waals surface area contributed by atoms with Crippen LogP contribution in [-0.2, 0) is 11.3 Å². The average Bonchev–Trinajstić information content (AvgIpc) is 2.18. The highest BCUT2D eigenvalue weighted by atomic mass is 16.4. The smallest absolute Gasteiger partial charge is 0.317 e. The molecule has 0 spiro atoms. The lowest BCUT2D eigenvalue weighted by molar-refractivity contribution is -0.138. The van der Waals surface area contributed by atoms with Gasteiger partial charge in [-0.05, 0) is 5.56 Å². The van der Waals surface area contributed by atoms with Gasteiger partial charge in [-0.2, -0.15) is 0 Å².